The van der Waals surface area contributed by atoms with E-state index < -0.39 is 17.6 Å². The van der Waals surface area contributed by atoms with Gasteiger partial charge in [0.1, 0.15) is 5.75 Å². The van der Waals surface area contributed by atoms with Gasteiger partial charge >= 0.3 is 6.18 Å². The lowest BCUT2D eigenvalue weighted by Gasteiger charge is -2.09. The second-order valence-corrected chi connectivity index (χ2v) is 5.72. The average Bonchev–Trinajstić information content (AvgIpc) is 2.66. The molecule has 3 aromatic carbocycles. The summed E-state index contributed by atoms with van der Waals surface area (Å²) in [7, 11) is 1.46. The van der Waals surface area contributed by atoms with E-state index in [9.17, 15) is 18.0 Å². The molecule has 4 nitrogen and oxygen atoms in total. The lowest BCUT2D eigenvalue weighted by atomic mass is 10.1. The predicted molar refractivity (Wildman–Crippen MR) is 97.0 cm³/mol. The standard InChI is InChI=1S/C20H15F3N2O2/c1-27-18-11-15-5-3-2-4-14(15)10-17(18)19(26)25-24-12-13-6-8-16(9-7-13)20(21,22)23/h2-12H,1H3,(H,25,26)/b24-12-. The number of hydrogen-bond acceptors (Lipinski definition) is 3. The summed E-state index contributed by atoms with van der Waals surface area (Å²) < 4.78 is 42.9. The first-order chi connectivity index (χ1) is 12.9. The molecule has 0 spiro atoms. The highest BCUT2D eigenvalue weighted by Gasteiger charge is 2.29. The number of benzene rings is 3. The van der Waals surface area contributed by atoms with Crippen LogP contribution in [0.4, 0.5) is 13.2 Å². The van der Waals surface area contributed by atoms with Gasteiger partial charge in [0.15, 0.2) is 0 Å². The van der Waals surface area contributed by atoms with Crippen LogP contribution < -0.4 is 10.2 Å². The van der Waals surface area contributed by atoms with E-state index >= 15 is 0 Å². The van der Waals surface area contributed by atoms with Gasteiger partial charge < -0.3 is 4.74 Å². The Labute approximate surface area is 153 Å². The van der Waals surface area contributed by atoms with Gasteiger partial charge in [-0.2, -0.15) is 18.3 Å². The number of methoxy groups -OCH3 is 1. The number of fused-ring (bicyclic) bond motifs is 1. The van der Waals surface area contributed by atoms with E-state index in [0.29, 0.717) is 16.9 Å². The summed E-state index contributed by atoms with van der Waals surface area (Å²) in [6, 6.07) is 15.4. The molecule has 0 aliphatic heterocycles. The van der Waals surface area contributed by atoms with Crippen LogP contribution in [-0.4, -0.2) is 19.2 Å². The molecule has 0 aliphatic carbocycles. The van der Waals surface area contributed by atoms with Crippen LogP contribution in [0.3, 0.4) is 0 Å². The number of hydrogen-bond donors (Lipinski definition) is 1. The third-order valence-electron chi connectivity index (χ3n) is 3.93. The molecule has 1 N–H and O–H groups in total. The topological polar surface area (TPSA) is 50.7 Å². The Hall–Kier alpha value is -3.35. The van der Waals surface area contributed by atoms with Crippen LogP contribution in [0.2, 0.25) is 0 Å². The van der Waals surface area contributed by atoms with Crippen molar-refractivity contribution in [2.24, 2.45) is 5.10 Å². The van der Waals surface area contributed by atoms with Crippen molar-refractivity contribution in [1.29, 1.82) is 0 Å². The lowest BCUT2D eigenvalue weighted by molar-refractivity contribution is -0.137. The molecular weight excluding hydrogens is 357 g/mol. The molecule has 7 heteroatoms. The molecule has 0 bridgehead atoms. The van der Waals surface area contributed by atoms with Crippen molar-refractivity contribution in [3.05, 3.63) is 77.4 Å². The molecule has 0 aromatic heterocycles. The maximum Gasteiger partial charge on any atom is 0.416 e. The van der Waals surface area contributed by atoms with Crippen molar-refractivity contribution in [2.45, 2.75) is 6.18 Å². The van der Waals surface area contributed by atoms with Gasteiger partial charge in [0.05, 0.1) is 24.5 Å². The highest BCUT2D eigenvalue weighted by atomic mass is 19.4. The number of carbonyl (C=O) groups is 1. The van der Waals surface area contributed by atoms with Crippen molar-refractivity contribution in [1.82, 2.24) is 5.43 Å². The number of halogens is 3. The molecular formula is C20H15F3N2O2. The van der Waals surface area contributed by atoms with Crippen LogP contribution in [0, 0.1) is 0 Å². The maximum absolute atomic E-state index is 12.5. The molecule has 0 unspecified atom stereocenters. The zero-order valence-electron chi connectivity index (χ0n) is 14.2. The highest BCUT2D eigenvalue weighted by molar-refractivity contribution is 6.01. The van der Waals surface area contributed by atoms with E-state index in [1.54, 1.807) is 12.1 Å². The van der Waals surface area contributed by atoms with E-state index in [-0.39, 0.29) is 0 Å². The van der Waals surface area contributed by atoms with Gasteiger partial charge in [-0.3, -0.25) is 4.79 Å². The molecule has 0 aliphatic rings. The zero-order chi connectivity index (χ0) is 19.4. The Kier molecular flexibility index (Phi) is 5.12. The summed E-state index contributed by atoms with van der Waals surface area (Å²) in [6.07, 6.45) is -3.12. The van der Waals surface area contributed by atoms with E-state index in [1.807, 2.05) is 24.3 Å². The molecule has 0 saturated heterocycles. The van der Waals surface area contributed by atoms with Crippen molar-refractivity contribution >= 4 is 22.9 Å². The minimum absolute atomic E-state index is 0.306. The molecule has 138 valence electrons. The lowest BCUT2D eigenvalue weighted by Crippen LogP contribution is -2.18. The Morgan fingerprint density at radius 2 is 1.67 bits per heavy atom. The third-order valence-corrected chi connectivity index (χ3v) is 3.93. The second-order valence-electron chi connectivity index (χ2n) is 5.72. The van der Waals surface area contributed by atoms with Crippen molar-refractivity contribution < 1.29 is 22.7 Å². The molecule has 3 aromatic rings. The van der Waals surface area contributed by atoms with Crippen LogP contribution in [0.15, 0.2) is 65.8 Å². The normalized spacial score (nSPS) is 11.7. The Morgan fingerprint density at radius 3 is 2.26 bits per heavy atom. The molecule has 0 radical (unpaired) electrons. The molecule has 3 rings (SSSR count). The summed E-state index contributed by atoms with van der Waals surface area (Å²) in [6.45, 7) is 0. The van der Waals surface area contributed by atoms with Crippen LogP contribution >= 0.6 is 0 Å². The number of carbonyl (C=O) groups excluding carboxylic acids is 1. The number of nitrogens with one attached hydrogen (secondary N) is 1. The zero-order valence-corrected chi connectivity index (χ0v) is 14.2. The number of alkyl halides is 3. The summed E-state index contributed by atoms with van der Waals surface area (Å²) in [5.41, 5.74) is 2.35. The SMILES string of the molecule is COc1cc2ccccc2cc1C(=O)N/N=C\c1ccc(C(F)(F)F)cc1. The van der Waals surface area contributed by atoms with Gasteiger partial charge in [0.2, 0.25) is 0 Å². The van der Waals surface area contributed by atoms with Gasteiger partial charge in [-0.15, -0.1) is 0 Å². The fourth-order valence-electron chi connectivity index (χ4n) is 2.55. The van der Waals surface area contributed by atoms with Gasteiger partial charge in [-0.1, -0.05) is 36.4 Å². The average molecular weight is 372 g/mol. The van der Waals surface area contributed by atoms with E-state index in [2.05, 4.69) is 10.5 Å². The smallest absolute Gasteiger partial charge is 0.416 e. The summed E-state index contributed by atoms with van der Waals surface area (Å²) in [4.78, 5) is 12.4. The van der Waals surface area contributed by atoms with E-state index in [1.165, 1.54) is 25.5 Å². The van der Waals surface area contributed by atoms with Gasteiger partial charge in [-0.05, 0) is 40.6 Å². The fourth-order valence-corrected chi connectivity index (χ4v) is 2.55. The van der Waals surface area contributed by atoms with Gasteiger partial charge in [0, 0.05) is 0 Å². The van der Waals surface area contributed by atoms with Crippen LogP contribution in [0.25, 0.3) is 10.8 Å². The largest absolute Gasteiger partial charge is 0.496 e. The van der Waals surface area contributed by atoms with E-state index in [4.69, 9.17) is 4.74 Å². The molecule has 27 heavy (non-hydrogen) atoms. The quantitative estimate of drug-likeness (QED) is 0.536. The first kappa shape index (κ1) is 18.4. The first-order valence-electron chi connectivity index (χ1n) is 7.96. The first-order valence-corrected chi connectivity index (χ1v) is 7.96. The summed E-state index contributed by atoms with van der Waals surface area (Å²) in [5, 5.41) is 5.60. The molecule has 1 amide bonds. The summed E-state index contributed by atoms with van der Waals surface area (Å²) >= 11 is 0. The van der Waals surface area contributed by atoms with Crippen LogP contribution in [0.1, 0.15) is 21.5 Å². The van der Waals surface area contributed by atoms with Gasteiger partial charge in [0.25, 0.3) is 5.91 Å². The molecule has 0 atom stereocenters. The van der Waals surface area contributed by atoms with E-state index in [0.717, 1.165) is 22.9 Å². The monoisotopic (exact) mass is 372 g/mol. The highest BCUT2D eigenvalue weighted by Crippen LogP contribution is 2.29. The fraction of sp³-hybridized carbons (Fsp3) is 0.100. The molecule has 0 saturated carbocycles. The number of amides is 1. The Balaban J connectivity index is 1.75. The van der Waals surface area contributed by atoms with Crippen molar-refractivity contribution in [2.75, 3.05) is 7.11 Å². The number of rotatable bonds is 4. The summed E-state index contributed by atoms with van der Waals surface area (Å²) in [5.74, 6) is -0.0864. The second kappa shape index (κ2) is 7.49. The molecule has 0 fully saturated rings. The minimum Gasteiger partial charge on any atom is -0.496 e. The predicted octanol–water partition coefficient (Wildman–Crippen LogP) is 4.63. The Bertz CT molecular complexity index is 996. The van der Waals surface area contributed by atoms with Crippen molar-refractivity contribution in [3.63, 3.8) is 0 Å². The number of ether oxygens (including phenoxy) is 1. The van der Waals surface area contributed by atoms with Crippen LogP contribution in [0.5, 0.6) is 5.75 Å². The Morgan fingerprint density at radius 1 is 1.04 bits per heavy atom. The van der Waals surface area contributed by atoms with Crippen LogP contribution in [-0.2, 0) is 6.18 Å². The number of hydrazone groups is 1. The maximum atomic E-state index is 12.5. The molecule has 0 heterocycles. The van der Waals surface area contributed by atoms with Crippen molar-refractivity contribution in [3.8, 4) is 5.75 Å². The van der Waals surface area contributed by atoms with Gasteiger partial charge in [-0.25, -0.2) is 5.43 Å². The number of nitrogens with zero attached hydrogens (tertiary/aromatic N) is 1. The minimum atomic E-state index is -4.39. The third kappa shape index (κ3) is 4.25.